The van der Waals surface area contributed by atoms with Crippen LogP contribution in [0.2, 0.25) is 0 Å². The second-order valence-electron chi connectivity index (χ2n) is 9.89. The van der Waals surface area contributed by atoms with E-state index in [1.165, 1.54) is 22.5 Å². The Morgan fingerprint density at radius 3 is 2.12 bits per heavy atom. The standard InChI is InChI=1S/C30H34N2O/c1-7-29(2,3)22-12-16-24(17-13-22)33-25-18-14-23(15-19-25)31-21-20-28-30(4,5)26-10-8-9-11-27(26)32(28)6/h8-21H,7H2,1-6H3. The Morgan fingerprint density at radius 1 is 0.909 bits per heavy atom. The number of allylic oxidation sites excluding steroid dienone is 2. The quantitative estimate of drug-likeness (QED) is 0.362. The van der Waals surface area contributed by atoms with Crippen LogP contribution in [0.3, 0.4) is 0 Å². The number of benzene rings is 3. The molecule has 0 unspecified atom stereocenters. The fraction of sp³-hybridized carbons (Fsp3) is 0.300. The molecule has 170 valence electrons. The molecule has 3 nitrogen and oxygen atoms in total. The van der Waals surface area contributed by atoms with E-state index in [4.69, 9.17) is 4.74 Å². The Bertz CT molecular complexity index is 1170. The van der Waals surface area contributed by atoms with Crippen LogP contribution in [0.4, 0.5) is 11.4 Å². The summed E-state index contributed by atoms with van der Waals surface area (Å²) in [7, 11) is 2.12. The van der Waals surface area contributed by atoms with Crippen molar-refractivity contribution in [2.45, 2.75) is 51.9 Å². The van der Waals surface area contributed by atoms with E-state index in [0.29, 0.717) is 0 Å². The molecule has 0 saturated carbocycles. The van der Waals surface area contributed by atoms with Crippen molar-refractivity contribution in [2.75, 3.05) is 11.9 Å². The van der Waals surface area contributed by atoms with Crippen LogP contribution >= 0.6 is 0 Å². The maximum Gasteiger partial charge on any atom is 0.127 e. The molecule has 1 aliphatic heterocycles. The van der Waals surface area contributed by atoms with Gasteiger partial charge in [0.1, 0.15) is 11.5 Å². The van der Waals surface area contributed by atoms with Crippen LogP contribution in [0.5, 0.6) is 11.5 Å². The molecular weight excluding hydrogens is 404 g/mol. The van der Waals surface area contributed by atoms with Gasteiger partial charge in [0.15, 0.2) is 0 Å². The molecule has 0 aliphatic carbocycles. The van der Waals surface area contributed by atoms with Crippen molar-refractivity contribution in [3.05, 3.63) is 95.7 Å². The van der Waals surface area contributed by atoms with Gasteiger partial charge in [0.2, 0.25) is 0 Å². The van der Waals surface area contributed by atoms with E-state index < -0.39 is 0 Å². The smallest absolute Gasteiger partial charge is 0.127 e. The van der Waals surface area contributed by atoms with Gasteiger partial charge >= 0.3 is 0 Å². The zero-order valence-corrected chi connectivity index (χ0v) is 20.6. The number of ether oxygens (including phenoxy) is 1. The van der Waals surface area contributed by atoms with Gasteiger partial charge in [-0.25, -0.2) is 0 Å². The van der Waals surface area contributed by atoms with Crippen LogP contribution in [0.1, 0.15) is 52.2 Å². The summed E-state index contributed by atoms with van der Waals surface area (Å²) in [6.07, 6.45) is 5.11. The number of fused-ring (bicyclic) bond motifs is 1. The molecular formula is C30H34N2O. The lowest BCUT2D eigenvalue weighted by molar-refractivity contribution is 0.478. The van der Waals surface area contributed by atoms with Gasteiger partial charge in [0.25, 0.3) is 0 Å². The summed E-state index contributed by atoms with van der Waals surface area (Å²) in [6.45, 7) is 11.3. The van der Waals surface area contributed by atoms with Crippen LogP contribution in [-0.4, -0.2) is 13.3 Å². The summed E-state index contributed by atoms with van der Waals surface area (Å²) in [4.78, 5) is 6.90. The summed E-state index contributed by atoms with van der Waals surface area (Å²) in [5.41, 5.74) is 6.21. The van der Waals surface area contributed by atoms with Crippen LogP contribution in [0.25, 0.3) is 0 Å². The SMILES string of the molecule is CCC(C)(C)c1ccc(Oc2ccc(N=CC=C3N(C)c4ccccc4C3(C)C)cc2)cc1. The molecule has 3 aromatic rings. The molecule has 1 aliphatic rings. The van der Waals surface area contributed by atoms with E-state index in [1.807, 2.05) is 42.6 Å². The molecule has 0 radical (unpaired) electrons. The number of aliphatic imine (C=N–C) groups is 1. The number of hydrogen-bond acceptors (Lipinski definition) is 3. The zero-order chi connectivity index (χ0) is 23.6. The Morgan fingerprint density at radius 2 is 1.52 bits per heavy atom. The highest BCUT2D eigenvalue weighted by molar-refractivity contribution is 5.80. The highest BCUT2D eigenvalue weighted by Gasteiger charge is 2.37. The molecule has 0 aromatic heterocycles. The van der Waals surface area contributed by atoms with Crippen molar-refractivity contribution in [2.24, 2.45) is 4.99 Å². The highest BCUT2D eigenvalue weighted by Crippen LogP contribution is 2.46. The first kappa shape index (κ1) is 22.8. The average Bonchev–Trinajstić information content (AvgIpc) is 3.01. The normalized spacial score (nSPS) is 16.4. The van der Waals surface area contributed by atoms with Gasteiger partial charge in [-0.15, -0.1) is 0 Å². The highest BCUT2D eigenvalue weighted by atomic mass is 16.5. The molecule has 0 bridgehead atoms. The van der Waals surface area contributed by atoms with Crippen LogP contribution in [0.15, 0.2) is 89.6 Å². The minimum atomic E-state index is -0.0447. The van der Waals surface area contributed by atoms with Gasteiger partial charge < -0.3 is 9.64 Å². The second kappa shape index (κ2) is 8.90. The van der Waals surface area contributed by atoms with E-state index >= 15 is 0 Å². The third kappa shape index (κ3) is 4.59. The Hall–Kier alpha value is -3.33. The van der Waals surface area contributed by atoms with E-state index in [0.717, 1.165) is 23.6 Å². The van der Waals surface area contributed by atoms with E-state index in [1.54, 1.807) is 0 Å². The first-order valence-corrected chi connectivity index (χ1v) is 11.7. The predicted octanol–water partition coefficient (Wildman–Crippen LogP) is 8.18. The first-order chi connectivity index (χ1) is 15.7. The molecule has 0 spiro atoms. The van der Waals surface area contributed by atoms with Crippen molar-refractivity contribution in [1.82, 2.24) is 0 Å². The fourth-order valence-electron chi connectivity index (χ4n) is 4.41. The number of hydrogen-bond donors (Lipinski definition) is 0. The van der Waals surface area contributed by atoms with Gasteiger partial charge in [0, 0.05) is 30.1 Å². The number of anilines is 1. The Labute approximate surface area is 198 Å². The lowest BCUT2D eigenvalue weighted by Crippen LogP contribution is -2.22. The maximum absolute atomic E-state index is 6.03. The van der Waals surface area contributed by atoms with Gasteiger partial charge in [-0.3, -0.25) is 4.99 Å². The molecule has 0 amide bonds. The predicted molar refractivity (Wildman–Crippen MR) is 140 cm³/mol. The van der Waals surface area contributed by atoms with E-state index in [-0.39, 0.29) is 10.8 Å². The molecule has 0 saturated heterocycles. The summed E-state index contributed by atoms with van der Waals surface area (Å²) >= 11 is 0. The minimum Gasteiger partial charge on any atom is -0.457 e. The second-order valence-corrected chi connectivity index (χ2v) is 9.89. The molecule has 0 N–H and O–H groups in total. The van der Waals surface area contributed by atoms with Gasteiger partial charge in [-0.1, -0.05) is 65.0 Å². The minimum absolute atomic E-state index is 0.0447. The zero-order valence-electron chi connectivity index (χ0n) is 20.6. The molecule has 0 atom stereocenters. The number of rotatable bonds is 6. The molecule has 0 fully saturated rings. The Balaban J connectivity index is 1.43. The lowest BCUT2D eigenvalue weighted by Gasteiger charge is -2.23. The Kier molecular flexibility index (Phi) is 6.16. The monoisotopic (exact) mass is 438 g/mol. The van der Waals surface area contributed by atoms with Gasteiger partial charge in [0.05, 0.1) is 5.69 Å². The van der Waals surface area contributed by atoms with Crippen molar-refractivity contribution in [3.63, 3.8) is 0 Å². The van der Waals surface area contributed by atoms with Crippen LogP contribution in [0, 0.1) is 0 Å². The summed E-state index contributed by atoms with van der Waals surface area (Å²) in [5, 5.41) is 0. The van der Waals surface area contributed by atoms with E-state index in [2.05, 4.69) is 94.0 Å². The van der Waals surface area contributed by atoms with Crippen LogP contribution in [-0.2, 0) is 10.8 Å². The van der Waals surface area contributed by atoms with Crippen molar-refractivity contribution in [1.29, 1.82) is 0 Å². The average molecular weight is 439 g/mol. The topological polar surface area (TPSA) is 24.8 Å². The van der Waals surface area contributed by atoms with Crippen molar-refractivity contribution in [3.8, 4) is 11.5 Å². The number of nitrogens with zero attached hydrogens (tertiary/aromatic N) is 2. The largest absolute Gasteiger partial charge is 0.457 e. The third-order valence-corrected chi connectivity index (χ3v) is 6.99. The number of likely N-dealkylation sites (N-methyl/N-ethyl adjacent to an activating group) is 1. The third-order valence-electron chi connectivity index (χ3n) is 6.99. The summed E-state index contributed by atoms with van der Waals surface area (Å²) in [5.74, 6) is 1.65. The maximum atomic E-state index is 6.03. The lowest BCUT2D eigenvalue weighted by atomic mass is 9.82. The van der Waals surface area contributed by atoms with Crippen molar-refractivity contribution < 1.29 is 4.74 Å². The molecule has 3 heteroatoms. The van der Waals surface area contributed by atoms with Gasteiger partial charge in [-0.05, 0) is 71.5 Å². The van der Waals surface area contributed by atoms with E-state index in [9.17, 15) is 0 Å². The fourth-order valence-corrected chi connectivity index (χ4v) is 4.41. The molecule has 4 rings (SSSR count). The summed E-state index contributed by atoms with van der Waals surface area (Å²) in [6, 6.07) is 24.9. The number of para-hydroxylation sites is 1. The first-order valence-electron chi connectivity index (χ1n) is 11.7. The van der Waals surface area contributed by atoms with Crippen LogP contribution < -0.4 is 9.64 Å². The summed E-state index contributed by atoms with van der Waals surface area (Å²) < 4.78 is 6.03. The molecule has 3 aromatic carbocycles. The molecule has 33 heavy (non-hydrogen) atoms. The van der Waals surface area contributed by atoms with Gasteiger partial charge in [-0.2, -0.15) is 0 Å². The molecule has 1 heterocycles. The van der Waals surface area contributed by atoms with Crippen molar-refractivity contribution >= 4 is 17.6 Å².